The van der Waals surface area contributed by atoms with Gasteiger partial charge in [0.05, 0.1) is 7.11 Å². The van der Waals surface area contributed by atoms with Crippen LogP contribution in [0.25, 0.3) is 0 Å². The van der Waals surface area contributed by atoms with Crippen molar-refractivity contribution in [1.82, 2.24) is 4.98 Å². The van der Waals surface area contributed by atoms with Gasteiger partial charge in [0.25, 0.3) is 6.43 Å². The molecule has 0 aromatic carbocycles. The van der Waals surface area contributed by atoms with E-state index in [2.05, 4.69) is 9.72 Å². The van der Waals surface area contributed by atoms with Gasteiger partial charge in [-0.1, -0.05) is 0 Å². The van der Waals surface area contributed by atoms with Gasteiger partial charge >= 0.3 is 5.97 Å². The summed E-state index contributed by atoms with van der Waals surface area (Å²) in [4.78, 5) is 14.9. The summed E-state index contributed by atoms with van der Waals surface area (Å²) in [6, 6.07) is 1.55. The second-order valence-corrected chi connectivity index (χ2v) is 3.96. The van der Waals surface area contributed by atoms with Gasteiger partial charge in [-0.05, 0) is 35.6 Å². The van der Waals surface area contributed by atoms with Crippen molar-refractivity contribution < 1.29 is 18.3 Å². The van der Waals surface area contributed by atoms with Gasteiger partial charge in [-0.25, -0.2) is 13.6 Å². The van der Waals surface area contributed by atoms with Crippen molar-refractivity contribution in [2.24, 2.45) is 0 Å². The Balaban J connectivity index is 3.40. The first-order valence-corrected chi connectivity index (χ1v) is 5.08. The van der Waals surface area contributed by atoms with Crippen LogP contribution in [0.15, 0.2) is 6.07 Å². The third kappa shape index (κ3) is 2.61. The summed E-state index contributed by atoms with van der Waals surface area (Å²) < 4.78 is 30.1. The monoisotopic (exact) mass is 327 g/mol. The van der Waals surface area contributed by atoms with Gasteiger partial charge in [0.15, 0.2) is 0 Å². The third-order valence-electron chi connectivity index (χ3n) is 1.72. The smallest absolute Gasteiger partial charge is 0.341 e. The van der Waals surface area contributed by atoms with Crippen molar-refractivity contribution in [3.05, 3.63) is 26.6 Å². The molecule has 0 aliphatic rings. The molecule has 1 aromatic rings. The highest BCUT2D eigenvalue weighted by Gasteiger charge is 2.23. The zero-order valence-electron chi connectivity index (χ0n) is 8.05. The molecule has 0 radical (unpaired) electrons. The lowest BCUT2D eigenvalue weighted by molar-refractivity contribution is 0.0585. The molecule has 0 unspecified atom stereocenters. The number of nitrogens with zero attached hydrogens (tertiary/aromatic N) is 1. The van der Waals surface area contributed by atoms with E-state index in [9.17, 15) is 13.6 Å². The average molecular weight is 327 g/mol. The number of esters is 1. The van der Waals surface area contributed by atoms with E-state index in [-0.39, 0.29) is 5.56 Å². The number of ether oxygens (including phenoxy) is 1. The van der Waals surface area contributed by atoms with Crippen LogP contribution in [0.3, 0.4) is 0 Å². The fraction of sp³-hybridized carbons (Fsp3) is 0.333. The normalized spacial score (nSPS) is 10.5. The molecule has 82 valence electrons. The highest BCUT2D eigenvalue weighted by Crippen LogP contribution is 2.26. The standard InChI is InChI=1S/C9H8F2INO2/c1-4-3-5(12)6(9(14)15-2)7(13-4)8(10)11/h3,8H,1-2H3. The number of hydrogen-bond acceptors (Lipinski definition) is 3. The van der Waals surface area contributed by atoms with E-state index in [1.165, 1.54) is 0 Å². The van der Waals surface area contributed by atoms with Gasteiger partial charge in [0.1, 0.15) is 11.3 Å². The molecule has 0 saturated carbocycles. The predicted molar refractivity (Wildman–Crippen MR) is 58.0 cm³/mol. The lowest BCUT2D eigenvalue weighted by Gasteiger charge is -2.09. The predicted octanol–water partition coefficient (Wildman–Crippen LogP) is 2.72. The van der Waals surface area contributed by atoms with E-state index in [0.29, 0.717) is 9.26 Å². The molecule has 1 rings (SSSR count). The number of pyridine rings is 1. The number of carbonyl (C=O) groups is 1. The summed E-state index contributed by atoms with van der Waals surface area (Å²) in [5, 5.41) is 0. The molecule has 6 heteroatoms. The van der Waals surface area contributed by atoms with Crippen molar-refractivity contribution in [2.75, 3.05) is 7.11 Å². The minimum Gasteiger partial charge on any atom is -0.465 e. The Morgan fingerprint density at radius 1 is 1.60 bits per heavy atom. The van der Waals surface area contributed by atoms with Crippen molar-refractivity contribution >= 4 is 28.6 Å². The first-order chi connectivity index (χ1) is 6.97. The number of aryl methyl sites for hydroxylation is 1. The summed E-state index contributed by atoms with van der Waals surface area (Å²) in [6.07, 6.45) is -2.78. The van der Waals surface area contributed by atoms with Crippen molar-refractivity contribution in [2.45, 2.75) is 13.3 Å². The highest BCUT2D eigenvalue weighted by atomic mass is 127. The van der Waals surface area contributed by atoms with Crippen LogP contribution in [0.4, 0.5) is 8.78 Å². The van der Waals surface area contributed by atoms with Gasteiger partial charge in [-0.2, -0.15) is 0 Å². The minimum absolute atomic E-state index is 0.154. The second kappa shape index (κ2) is 4.82. The quantitative estimate of drug-likeness (QED) is 0.619. The molecule has 0 fully saturated rings. The lowest BCUT2D eigenvalue weighted by atomic mass is 10.2. The van der Waals surface area contributed by atoms with E-state index < -0.39 is 18.1 Å². The molecule has 0 amide bonds. The van der Waals surface area contributed by atoms with Gasteiger partial charge in [0.2, 0.25) is 0 Å². The molecule has 0 bridgehead atoms. The number of hydrogen-bond donors (Lipinski definition) is 0. The van der Waals surface area contributed by atoms with Crippen molar-refractivity contribution in [3.63, 3.8) is 0 Å². The number of aromatic nitrogens is 1. The first-order valence-electron chi connectivity index (χ1n) is 4.01. The van der Waals surface area contributed by atoms with Crippen LogP contribution in [-0.2, 0) is 4.74 Å². The topological polar surface area (TPSA) is 39.2 Å². The summed E-state index contributed by atoms with van der Waals surface area (Å²) in [6.45, 7) is 1.59. The van der Waals surface area contributed by atoms with E-state index in [0.717, 1.165) is 7.11 Å². The van der Waals surface area contributed by atoms with E-state index >= 15 is 0 Å². The number of halogens is 3. The molecule has 1 aromatic heterocycles. The average Bonchev–Trinajstić information content (AvgIpc) is 2.15. The molecular formula is C9H8F2INO2. The molecule has 0 N–H and O–H groups in total. The molecule has 0 aliphatic heterocycles. The molecular weight excluding hydrogens is 319 g/mol. The first kappa shape index (κ1) is 12.3. The van der Waals surface area contributed by atoms with E-state index in [1.807, 2.05) is 22.6 Å². The van der Waals surface area contributed by atoms with Crippen LogP contribution in [0, 0.1) is 10.5 Å². The second-order valence-electron chi connectivity index (χ2n) is 2.80. The van der Waals surface area contributed by atoms with E-state index in [4.69, 9.17) is 0 Å². The van der Waals surface area contributed by atoms with Crippen LogP contribution < -0.4 is 0 Å². The van der Waals surface area contributed by atoms with Gasteiger partial charge in [-0.3, -0.25) is 4.98 Å². The number of methoxy groups -OCH3 is 1. The highest BCUT2D eigenvalue weighted by molar-refractivity contribution is 14.1. The fourth-order valence-corrected chi connectivity index (χ4v) is 2.07. The SMILES string of the molecule is COC(=O)c1c(I)cc(C)nc1C(F)F. The van der Waals surface area contributed by atoms with Crippen LogP contribution in [0.5, 0.6) is 0 Å². The number of carbonyl (C=O) groups excluding carboxylic acids is 1. The van der Waals surface area contributed by atoms with Crippen molar-refractivity contribution in [3.8, 4) is 0 Å². The molecule has 0 aliphatic carbocycles. The summed E-state index contributed by atoms with van der Waals surface area (Å²) >= 11 is 1.81. The molecule has 1 heterocycles. The Morgan fingerprint density at radius 3 is 2.67 bits per heavy atom. The Morgan fingerprint density at radius 2 is 2.20 bits per heavy atom. The Kier molecular flexibility index (Phi) is 3.95. The third-order valence-corrected chi connectivity index (χ3v) is 2.57. The zero-order chi connectivity index (χ0) is 11.6. The van der Waals surface area contributed by atoms with E-state index in [1.54, 1.807) is 13.0 Å². The summed E-state index contributed by atoms with van der Waals surface area (Å²) in [5.41, 5.74) is -0.229. The number of rotatable bonds is 2. The maximum Gasteiger partial charge on any atom is 0.341 e. The molecule has 0 saturated heterocycles. The minimum atomic E-state index is -2.78. The summed E-state index contributed by atoms with van der Waals surface area (Å²) in [5.74, 6) is -0.790. The van der Waals surface area contributed by atoms with Crippen molar-refractivity contribution in [1.29, 1.82) is 0 Å². The van der Waals surface area contributed by atoms with Gasteiger partial charge in [0, 0.05) is 9.26 Å². The maximum absolute atomic E-state index is 12.6. The Labute approximate surface area is 99.0 Å². The largest absolute Gasteiger partial charge is 0.465 e. The maximum atomic E-state index is 12.6. The van der Waals surface area contributed by atoms with Gasteiger partial charge < -0.3 is 4.74 Å². The Bertz CT molecular complexity index is 396. The van der Waals surface area contributed by atoms with Crippen LogP contribution in [-0.4, -0.2) is 18.1 Å². The number of alkyl halides is 2. The van der Waals surface area contributed by atoms with Crippen LogP contribution >= 0.6 is 22.6 Å². The zero-order valence-corrected chi connectivity index (χ0v) is 10.2. The summed E-state index contributed by atoms with van der Waals surface area (Å²) in [7, 11) is 1.15. The molecule has 0 spiro atoms. The van der Waals surface area contributed by atoms with Gasteiger partial charge in [-0.15, -0.1) is 0 Å². The lowest BCUT2D eigenvalue weighted by Crippen LogP contribution is -2.11. The fourth-order valence-electron chi connectivity index (χ4n) is 1.12. The molecule has 0 atom stereocenters. The van der Waals surface area contributed by atoms with Crippen LogP contribution in [0.1, 0.15) is 28.2 Å². The van der Waals surface area contributed by atoms with Crippen LogP contribution in [0.2, 0.25) is 0 Å². The molecule has 15 heavy (non-hydrogen) atoms. The Hall–Kier alpha value is -0.790. The molecule has 3 nitrogen and oxygen atoms in total.